The zero-order chi connectivity index (χ0) is 19.1. The number of halogens is 1. The Hall–Kier alpha value is -2.15. The van der Waals surface area contributed by atoms with Crippen LogP contribution >= 0.6 is 15.9 Å². The lowest BCUT2D eigenvalue weighted by molar-refractivity contribution is -0.140. The number of hydrazone groups is 1. The van der Waals surface area contributed by atoms with E-state index in [1.54, 1.807) is 13.2 Å². The normalized spacial score (nSPS) is 28.9. The van der Waals surface area contributed by atoms with E-state index in [2.05, 4.69) is 33.2 Å². The number of hydrogen-bond acceptors (Lipinski definition) is 5. The smallest absolute Gasteiger partial charge is 0.254 e. The van der Waals surface area contributed by atoms with E-state index in [-0.39, 0.29) is 35.5 Å². The van der Waals surface area contributed by atoms with Crippen molar-refractivity contribution >= 4 is 34.0 Å². The van der Waals surface area contributed by atoms with E-state index in [1.807, 2.05) is 13.0 Å². The largest absolute Gasteiger partial charge is 0.492 e. The van der Waals surface area contributed by atoms with Crippen molar-refractivity contribution in [3.05, 3.63) is 34.3 Å². The molecular formula is C20H21BrN2O4. The van der Waals surface area contributed by atoms with E-state index in [1.165, 1.54) is 6.21 Å². The van der Waals surface area contributed by atoms with Gasteiger partial charge in [0.15, 0.2) is 11.5 Å². The van der Waals surface area contributed by atoms with Crippen molar-refractivity contribution in [1.82, 2.24) is 5.01 Å². The molecule has 3 aliphatic carbocycles. The van der Waals surface area contributed by atoms with Gasteiger partial charge in [0.2, 0.25) is 0 Å². The molecule has 1 saturated carbocycles. The monoisotopic (exact) mass is 432 g/mol. The minimum absolute atomic E-state index is 0.163. The minimum atomic E-state index is -0.250. The molecule has 0 radical (unpaired) electrons. The van der Waals surface area contributed by atoms with Crippen molar-refractivity contribution < 1.29 is 19.1 Å². The number of benzene rings is 1. The standard InChI is InChI=1S/C20H21BrN2O4/c1-3-27-15-9-11(8-14(21)18(15)26-2)10-22-23-19(24)16-12-4-5-13(7-6-12)17(16)20(23)25/h4-5,8-10,12-13,16-17H,3,6-7H2,1-2H3/b22-10-/t12-,13-,16-,17-/m0/s1. The molecule has 27 heavy (non-hydrogen) atoms. The number of fused-ring (bicyclic) bond motifs is 1. The molecule has 1 aliphatic heterocycles. The van der Waals surface area contributed by atoms with Crippen molar-refractivity contribution in [3.63, 3.8) is 0 Å². The molecule has 0 aromatic heterocycles. The molecule has 5 rings (SSSR count). The third kappa shape index (κ3) is 2.98. The first-order chi connectivity index (χ1) is 13.0. The maximum Gasteiger partial charge on any atom is 0.254 e. The third-order valence-electron chi connectivity index (χ3n) is 5.59. The highest BCUT2D eigenvalue weighted by atomic mass is 79.9. The third-order valence-corrected chi connectivity index (χ3v) is 6.18. The lowest BCUT2D eigenvalue weighted by Crippen LogP contribution is -2.38. The molecule has 1 heterocycles. The molecule has 7 heteroatoms. The number of imide groups is 1. The molecule has 1 aromatic rings. The van der Waals surface area contributed by atoms with Crippen LogP contribution in [0.4, 0.5) is 0 Å². The lowest BCUT2D eigenvalue weighted by Gasteiger charge is -2.37. The van der Waals surface area contributed by atoms with Gasteiger partial charge in [-0.05, 0) is 65.2 Å². The number of hydrogen-bond donors (Lipinski definition) is 0. The van der Waals surface area contributed by atoms with Gasteiger partial charge in [-0.2, -0.15) is 10.1 Å². The van der Waals surface area contributed by atoms with Gasteiger partial charge in [-0.25, -0.2) is 0 Å². The summed E-state index contributed by atoms with van der Waals surface area (Å²) >= 11 is 3.46. The van der Waals surface area contributed by atoms with E-state index in [0.717, 1.165) is 17.9 Å². The Kier molecular flexibility index (Phi) is 4.80. The Morgan fingerprint density at radius 3 is 2.33 bits per heavy atom. The van der Waals surface area contributed by atoms with Crippen LogP contribution < -0.4 is 9.47 Å². The van der Waals surface area contributed by atoms with Crippen molar-refractivity contribution in [1.29, 1.82) is 0 Å². The van der Waals surface area contributed by atoms with E-state index >= 15 is 0 Å². The van der Waals surface area contributed by atoms with Crippen molar-refractivity contribution in [2.24, 2.45) is 28.8 Å². The van der Waals surface area contributed by atoms with Gasteiger partial charge in [0.05, 0.1) is 36.2 Å². The first-order valence-electron chi connectivity index (χ1n) is 9.15. The van der Waals surface area contributed by atoms with Crippen molar-refractivity contribution in [2.75, 3.05) is 13.7 Å². The van der Waals surface area contributed by atoms with E-state index in [4.69, 9.17) is 9.47 Å². The number of ether oxygens (including phenoxy) is 2. The summed E-state index contributed by atoms with van der Waals surface area (Å²) in [5, 5.41) is 5.30. The van der Waals surface area contributed by atoms with E-state index in [9.17, 15) is 9.59 Å². The highest BCUT2D eigenvalue weighted by Gasteiger charge is 2.56. The molecule has 2 bridgehead atoms. The highest BCUT2D eigenvalue weighted by molar-refractivity contribution is 9.10. The molecule has 0 spiro atoms. The molecule has 1 saturated heterocycles. The van der Waals surface area contributed by atoms with Gasteiger partial charge in [-0.3, -0.25) is 9.59 Å². The van der Waals surface area contributed by atoms with Crippen LogP contribution in [-0.4, -0.2) is 36.8 Å². The Labute approximate surface area is 166 Å². The van der Waals surface area contributed by atoms with Gasteiger partial charge in [0.1, 0.15) is 0 Å². The Morgan fingerprint density at radius 1 is 1.19 bits per heavy atom. The maximum absolute atomic E-state index is 12.8. The fourth-order valence-corrected chi connectivity index (χ4v) is 5.04. The second-order valence-electron chi connectivity index (χ2n) is 7.04. The fourth-order valence-electron chi connectivity index (χ4n) is 4.42. The van der Waals surface area contributed by atoms with Gasteiger partial charge >= 0.3 is 0 Å². The second kappa shape index (κ2) is 7.11. The summed E-state index contributed by atoms with van der Waals surface area (Å²) in [7, 11) is 1.57. The summed E-state index contributed by atoms with van der Waals surface area (Å²) in [6.45, 7) is 2.38. The predicted molar refractivity (Wildman–Crippen MR) is 104 cm³/mol. The number of methoxy groups -OCH3 is 1. The molecule has 0 unspecified atom stereocenters. The first-order valence-corrected chi connectivity index (χ1v) is 9.95. The Balaban J connectivity index is 1.60. The van der Waals surface area contributed by atoms with E-state index in [0.29, 0.717) is 28.1 Å². The zero-order valence-electron chi connectivity index (χ0n) is 15.2. The number of rotatable bonds is 5. The average Bonchev–Trinajstić information content (AvgIpc) is 2.94. The molecule has 2 amide bonds. The van der Waals surface area contributed by atoms with Crippen molar-refractivity contribution in [2.45, 2.75) is 19.8 Å². The fraction of sp³-hybridized carbons (Fsp3) is 0.450. The predicted octanol–water partition coefficient (Wildman–Crippen LogP) is 3.39. The SMILES string of the molecule is CCOc1cc(/C=N\N2C(=O)[C@@H]3[C@@H](C2=O)[C@H]2C=C[C@H]3CC2)cc(Br)c1OC. The number of allylic oxidation sites excluding steroid dienone is 2. The number of carbonyl (C=O) groups excluding carboxylic acids is 2. The van der Waals surface area contributed by atoms with Gasteiger partial charge in [0, 0.05) is 0 Å². The number of amides is 2. The molecule has 4 atom stereocenters. The molecule has 1 aromatic carbocycles. The van der Waals surface area contributed by atoms with Crippen LogP contribution in [-0.2, 0) is 9.59 Å². The van der Waals surface area contributed by atoms with Crippen molar-refractivity contribution in [3.8, 4) is 11.5 Å². The van der Waals surface area contributed by atoms with Gasteiger partial charge < -0.3 is 9.47 Å². The van der Waals surface area contributed by atoms with Crippen LogP contribution in [0.2, 0.25) is 0 Å². The second-order valence-corrected chi connectivity index (χ2v) is 7.90. The summed E-state index contributed by atoms with van der Waals surface area (Å²) in [6, 6.07) is 3.59. The minimum Gasteiger partial charge on any atom is -0.492 e. The van der Waals surface area contributed by atoms with Crippen LogP contribution in [0.5, 0.6) is 11.5 Å². The van der Waals surface area contributed by atoms with Crippen LogP contribution in [0.25, 0.3) is 0 Å². The quantitative estimate of drug-likeness (QED) is 0.406. The average molecular weight is 433 g/mol. The van der Waals surface area contributed by atoms with Gasteiger partial charge in [-0.1, -0.05) is 12.2 Å². The molecule has 6 nitrogen and oxygen atoms in total. The zero-order valence-corrected chi connectivity index (χ0v) is 16.8. The summed E-state index contributed by atoms with van der Waals surface area (Å²) in [5.41, 5.74) is 0.711. The molecular weight excluding hydrogens is 412 g/mol. The molecule has 0 N–H and O–H groups in total. The lowest BCUT2D eigenvalue weighted by atomic mass is 9.63. The van der Waals surface area contributed by atoms with Crippen LogP contribution in [0.3, 0.4) is 0 Å². The van der Waals surface area contributed by atoms with Gasteiger partial charge in [0.25, 0.3) is 11.8 Å². The topological polar surface area (TPSA) is 68.2 Å². The highest BCUT2D eigenvalue weighted by Crippen LogP contribution is 2.49. The summed E-state index contributed by atoms with van der Waals surface area (Å²) in [4.78, 5) is 25.6. The van der Waals surface area contributed by atoms with E-state index < -0.39 is 0 Å². The Morgan fingerprint density at radius 2 is 1.81 bits per heavy atom. The molecule has 4 aliphatic rings. The molecule has 142 valence electrons. The van der Waals surface area contributed by atoms with Gasteiger partial charge in [-0.15, -0.1) is 0 Å². The number of nitrogens with zero attached hydrogens (tertiary/aromatic N) is 2. The molecule has 2 fully saturated rings. The summed E-state index contributed by atoms with van der Waals surface area (Å²) in [5.74, 6) is 0.630. The summed E-state index contributed by atoms with van der Waals surface area (Å²) < 4.78 is 11.7. The maximum atomic E-state index is 12.8. The van der Waals surface area contributed by atoms with Crippen LogP contribution in [0, 0.1) is 23.7 Å². The number of carbonyl (C=O) groups is 2. The van der Waals surface area contributed by atoms with Crippen LogP contribution in [0.15, 0.2) is 33.9 Å². The summed E-state index contributed by atoms with van der Waals surface area (Å²) in [6.07, 6.45) is 7.67. The van der Waals surface area contributed by atoms with Crippen LogP contribution in [0.1, 0.15) is 25.3 Å². The first kappa shape index (κ1) is 18.2. The Bertz CT molecular complexity index is 819.